The van der Waals surface area contributed by atoms with Crippen LogP contribution in [-0.2, 0) is 0 Å². The van der Waals surface area contributed by atoms with Gasteiger partial charge in [-0.1, -0.05) is 12.8 Å². The zero-order valence-electron chi connectivity index (χ0n) is 12.0. The maximum atomic E-state index is 3.44. The van der Waals surface area contributed by atoms with Crippen LogP contribution < -0.4 is 5.32 Å². The molecule has 18 heavy (non-hydrogen) atoms. The fourth-order valence-electron chi connectivity index (χ4n) is 4.09. The quantitative estimate of drug-likeness (QED) is 0.800. The van der Waals surface area contributed by atoms with E-state index in [-0.39, 0.29) is 0 Å². The monoisotopic (exact) mass is 251 g/mol. The van der Waals surface area contributed by atoms with E-state index in [0.29, 0.717) is 5.41 Å². The topological polar surface area (TPSA) is 18.5 Å². The summed E-state index contributed by atoms with van der Waals surface area (Å²) in [5.41, 5.74) is 0.594. The highest BCUT2D eigenvalue weighted by Crippen LogP contribution is 2.38. The number of hydrogen-bond acceptors (Lipinski definition) is 3. The molecule has 104 valence electrons. The fourth-order valence-corrected chi connectivity index (χ4v) is 4.09. The van der Waals surface area contributed by atoms with E-state index >= 15 is 0 Å². The van der Waals surface area contributed by atoms with Crippen LogP contribution in [0.5, 0.6) is 0 Å². The predicted octanol–water partition coefficient (Wildman–Crippen LogP) is 1.55. The average Bonchev–Trinajstić information content (AvgIpc) is 3.13. The first-order valence-electron chi connectivity index (χ1n) is 7.92. The maximum absolute atomic E-state index is 3.44. The van der Waals surface area contributed by atoms with Crippen LogP contribution in [0.15, 0.2) is 0 Å². The van der Waals surface area contributed by atoms with Crippen LogP contribution in [0.25, 0.3) is 0 Å². The minimum absolute atomic E-state index is 0.594. The van der Waals surface area contributed by atoms with Crippen molar-refractivity contribution in [1.29, 1.82) is 0 Å². The normalized spacial score (nSPS) is 29.8. The molecule has 1 saturated heterocycles. The molecule has 0 aromatic rings. The Bertz CT molecular complexity index is 261. The lowest BCUT2D eigenvalue weighted by Crippen LogP contribution is -2.51. The molecule has 0 atom stereocenters. The number of hydrogen-bond donors (Lipinski definition) is 1. The van der Waals surface area contributed by atoms with Gasteiger partial charge in [-0.3, -0.25) is 4.90 Å². The van der Waals surface area contributed by atoms with Crippen LogP contribution in [0.3, 0.4) is 0 Å². The van der Waals surface area contributed by atoms with Gasteiger partial charge in [0.15, 0.2) is 0 Å². The van der Waals surface area contributed by atoms with Crippen molar-refractivity contribution in [3.05, 3.63) is 0 Å². The average molecular weight is 251 g/mol. The molecule has 0 amide bonds. The van der Waals surface area contributed by atoms with Crippen molar-refractivity contribution in [2.45, 2.75) is 44.6 Å². The van der Waals surface area contributed by atoms with E-state index in [1.165, 1.54) is 77.8 Å². The molecule has 3 nitrogen and oxygen atoms in total. The smallest absolute Gasteiger partial charge is 0.0113 e. The second-order valence-electron chi connectivity index (χ2n) is 6.78. The van der Waals surface area contributed by atoms with Crippen molar-refractivity contribution in [3.63, 3.8) is 0 Å². The number of piperazine rings is 1. The van der Waals surface area contributed by atoms with Crippen LogP contribution in [-0.4, -0.2) is 62.2 Å². The Morgan fingerprint density at radius 3 is 2.28 bits per heavy atom. The molecule has 0 unspecified atom stereocenters. The Hall–Kier alpha value is -0.120. The van der Waals surface area contributed by atoms with E-state index in [2.05, 4.69) is 22.2 Å². The van der Waals surface area contributed by atoms with Crippen LogP contribution in [0.4, 0.5) is 0 Å². The molecule has 0 radical (unpaired) electrons. The highest BCUT2D eigenvalue weighted by Gasteiger charge is 2.37. The summed E-state index contributed by atoms with van der Waals surface area (Å²) in [6.45, 7) is 7.81. The predicted molar refractivity (Wildman–Crippen MR) is 75.9 cm³/mol. The van der Waals surface area contributed by atoms with Crippen molar-refractivity contribution in [2.24, 2.45) is 5.41 Å². The van der Waals surface area contributed by atoms with Crippen molar-refractivity contribution in [1.82, 2.24) is 15.1 Å². The van der Waals surface area contributed by atoms with Gasteiger partial charge in [0.1, 0.15) is 0 Å². The lowest BCUT2D eigenvalue weighted by Gasteiger charge is -2.40. The Morgan fingerprint density at radius 2 is 1.72 bits per heavy atom. The summed E-state index contributed by atoms with van der Waals surface area (Å²) in [5, 5.41) is 3.44. The summed E-state index contributed by atoms with van der Waals surface area (Å²) >= 11 is 0. The van der Waals surface area contributed by atoms with Crippen LogP contribution in [0.1, 0.15) is 38.5 Å². The lowest BCUT2D eigenvalue weighted by atomic mass is 9.85. The Kier molecular flexibility index (Phi) is 3.92. The summed E-state index contributed by atoms with van der Waals surface area (Å²) < 4.78 is 0. The second kappa shape index (κ2) is 5.48. The zero-order chi connectivity index (χ0) is 12.4. The first-order valence-corrected chi connectivity index (χ1v) is 7.92. The van der Waals surface area contributed by atoms with Crippen molar-refractivity contribution in [3.8, 4) is 0 Å². The zero-order valence-corrected chi connectivity index (χ0v) is 12.0. The van der Waals surface area contributed by atoms with E-state index < -0.39 is 0 Å². The van der Waals surface area contributed by atoms with Gasteiger partial charge in [0.05, 0.1) is 0 Å². The Balaban J connectivity index is 1.49. The molecule has 1 aliphatic heterocycles. The van der Waals surface area contributed by atoms with Gasteiger partial charge in [0.25, 0.3) is 0 Å². The third-order valence-corrected chi connectivity index (χ3v) is 5.25. The molecular formula is C15H29N3. The van der Waals surface area contributed by atoms with E-state index in [0.717, 1.165) is 6.04 Å². The first kappa shape index (κ1) is 12.9. The molecule has 3 heteroatoms. The summed E-state index contributed by atoms with van der Waals surface area (Å²) in [4.78, 5) is 5.46. The molecule has 3 rings (SSSR count). The van der Waals surface area contributed by atoms with Crippen molar-refractivity contribution in [2.75, 3.05) is 46.3 Å². The molecule has 1 N–H and O–H groups in total. The molecule has 2 saturated carbocycles. The highest BCUT2D eigenvalue weighted by atomic mass is 15.3. The van der Waals surface area contributed by atoms with Crippen LogP contribution >= 0.6 is 0 Å². The van der Waals surface area contributed by atoms with Gasteiger partial charge in [0.2, 0.25) is 0 Å². The molecule has 3 aliphatic rings. The molecule has 0 aromatic carbocycles. The maximum Gasteiger partial charge on any atom is 0.0113 e. The fraction of sp³-hybridized carbons (Fsp3) is 1.00. The standard InChI is InChI=1S/C15H29N3/c1-16-12-15(6-2-3-7-15)13-17-8-10-18(11-9-17)14-4-5-14/h14,16H,2-13H2,1H3. The third-order valence-electron chi connectivity index (χ3n) is 5.25. The SMILES string of the molecule is CNCC1(CN2CCN(C3CC3)CC2)CCCC1. The Labute approximate surface area is 112 Å². The second-order valence-corrected chi connectivity index (χ2v) is 6.78. The third kappa shape index (κ3) is 2.89. The molecule has 0 bridgehead atoms. The minimum atomic E-state index is 0.594. The number of rotatable bonds is 5. The molecule has 0 spiro atoms. The molecule has 3 fully saturated rings. The first-order chi connectivity index (χ1) is 8.81. The highest BCUT2D eigenvalue weighted by molar-refractivity contribution is 4.92. The van der Waals surface area contributed by atoms with Crippen LogP contribution in [0, 0.1) is 5.41 Å². The van der Waals surface area contributed by atoms with Gasteiger partial charge >= 0.3 is 0 Å². The number of nitrogens with zero attached hydrogens (tertiary/aromatic N) is 2. The van der Waals surface area contributed by atoms with E-state index in [1.54, 1.807) is 0 Å². The van der Waals surface area contributed by atoms with Gasteiger partial charge in [-0.15, -0.1) is 0 Å². The van der Waals surface area contributed by atoms with Gasteiger partial charge in [-0.2, -0.15) is 0 Å². The molecular weight excluding hydrogens is 222 g/mol. The van der Waals surface area contributed by atoms with Gasteiger partial charge in [0, 0.05) is 45.3 Å². The molecule has 1 heterocycles. The summed E-state index contributed by atoms with van der Waals surface area (Å²) in [7, 11) is 2.12. The lowest BCUT2D eigenvalue weighted by molar-refractivity contribution is 0.0824. The van der Waals surface area contributed by atoms with E-state index in [4.69, 9.17) is 0 Å². The summed E-state index contributed by atoms with van der Waals surface area (Å²) in [6.07, 6.45) is 8.70. The molecule has 2 aliphatic carbocycles. The molecule has 0 aromatic heterocycles. The van der Waals surface area contributed by atoms with Gasteiger partial charge in [-0.25, -0.2) is 0 Å². The van der Waals surface area contributed by atoms with E-state index in [1.807, 2.05) is 0 Å². The van der Waals surface area contributed by atoms with Crippen molar-refractivity contribution >= 4 is 0 Å². The minimum Gasteiger partial charge on any atom is -0.319 e. The van der Waals surface area contributed by atoms with Crippen LogP contribution in [0.2, 0.25) is 0 Å². The van der Waals surface area contributed by atoms with Crippen molar-refractivity contribution < 1.29 is 0 Å². The summed E-state index contributed by atoms with van der Waals surface area (Å²) in [6, 6.07) is 0.963. The Morgan fingerprint density at radius 1 is 1.06 bits per heavy atom. The van der Waals surface area contributed by atoms with E-state index in [9.17, 15) is 0 Å². The summed E-state index contributed by atoms with van der Waals surface area (Å²) in [5.74, 6) is 0. The van der Waals surface area contributed by atoms with Gasteiger partial charge < -0.3 is 10.2 Å². The largest absolute Gasteiger partial charge is 0.319 e. The number of nitrogens with one attached hydrogen (secondary N) is 1. The van der Waals surface area contributed by atoms with Gasteiger partial charge in [-0.05, 0) is 38.1 Å².